The average molecular weight is 456 g/mol. The van der Waals surface area contributed by atoms with Crippen molar-refractivity contribution < 1.29 is 18.7 Å². The first-order chi connectivity index (χ1) is 15.6. The zero-order chi connectivity index (χ0) is 23.9. The van der Waals surface area contributed by atoms with Crippen LogP contribution in [-0.4, -0.2) is 39.5 Å². The molecule has 1 atom stereocenters. The molecule has 0 saturated carbocycles. The lowest BCUT2D eigenvalue weighted by Crippen LogP contribution is -2.44. The van der Waals surface area contributed by atoms with Gasteiger partial charge in [0, 0.05) is 30.4 Å². The largest absolute Gasteiger partial charge is 0.478 e. The number of alkyl halides is 2. The number of aryl methyl sites for hydroxylation is 1. The summed E-state index contributed by atoms with van der Waals surface area (Å²) in [5.41, 5.74) is 2.40. The lowest BCUT2D eigenvalue weighted by atomic mass is 10.1. The number of pyridine rings is 1. The molecule has 0 bridgehead atoms. The number of halogens is 2. The van der Waals surface area contributed by atoms with E-state index >= 15 is 0 Å². The molecule has 1 aromatic carbocycles. The number of anilines is 2. The molecule has 0 amide bonds. The van der Waals surface area contributed by atoms with E-state index in [4.69, 9.17) is 0 Å². The summed E-state index contributed by atoms with van der Waals surface area (Å²) in [6, 6.07) is 8.01. The first-order valence-corrected chi connectivity index (χ1v) is 10.8. The fourth-order valence-electron chi connectivity index (χ4n) is 4.36. The molecule has 7 nitrogen and oxygen atoms in total. The van der Waals surface area contributed by atoms with Gasteiger partial charge in [0.25, 0.3) is 11.5 Å². The van der Waals surface area contributed by atoms with Crippen molar-refractivity contribution in [1.82, 2.24) is 9.38 Å². The van der Waals surface area contributed by atoms with E-state index in [1.54, 1.807) is 31.3 Å². The van der Waals surface area contributed by atoms with Crippen molar-refractivity contribution >= 4 is 23.1 Å². The number of hydrogen-bond acceptors (Lipinski definition) is 5. The number of carboxylic acid groups (broad SMARTS) is 1. The standard InChI is InChI=1S/C24H26F2N4O3/c1-14-11-18(16(3)27-19-8-5-4-7-17(19)23(32)33)21-28-20(15(2)22(31)30(21)12-14)29-10-6-9-24(25,26)13-29/h4-5,7-8,11-12,16,27H,6,9-10,13H2,1-3H3,(H,32,33)/t16-/m1/s1. The number of carboxylic acids is 1. The molecule has 1 saturated heterocycles. The highest BCUT2D eigenvalue weighted by Gasteiger charge is 2.36. The molecule has 33 heavy (non-hydrogen) atoms. The van der Waals surface area contributed by atoms with Gasteiger partial charge in [-0.3, -0.25) is 9.20 Å². The summed E-state index contributed by atoms with van der Waals surface area (Å²) in [4.78, 5) is 31.0. The number of aromatic nitrogens is 2. The lowest BCUT2D eigenvalue weighted by molar-refractivity contribution is -0.0118. The maximum absolute atomic E-state index is 14.1. The number of hydrogen-bond donors (Lipinski definition) is 2. The van der Waals surface area contributed by atoms with E-state index in [0.717, 1.165) is 5.56 Å². The van der Waals surface area contributed by atoms with Crippen LogP contribution in [0.15, 0.2) is 41.3 Å². The molecule has 0 aliphatic carbocycles. The molecule has 4 rings (SSSR count). The Balaban J connectivity index is 1.83. The van der Waals surface area contributed by atoms with Gasteiger partial charge in [-0.1, -0.05) is 12.1 Å². The van der Waals surface area contributed by atoms with Crippen LogP contribution in [0.4, 0.5) is 20.3 Å². The molecule has 174 valence electrons. The summed E-state index contributed by atoms with van der Waals surface area (Å²) >= 11 is 0. The molecule has 1 aliphatic heterocycles. The average Bonchev–Trinajstić information content (AvgIpc) is 2.75. The summed E-state index contributed by atoms with van der Waals surface area (Å²) in [7, 11) is 0. The number of nitrogens with one attached hydrogen (secondary N) is 1. The number of nitrogens with zero attached hydrogens (tertiary/aromatic N) is 3. The quantitative estimate of drug-likeness (QED) is 0.591. The molecule has 1 aliphatic rings. The van der Waals surface area contributed by atoms with Crippen molar-refractivity contribution in [2.75, 3.05) is 23.3 Å². The molecule has 2 N–H and O–H groups in total. The Kier molecular flexibility index (Phi) is 5.82. The topological polar surface area (TPSA) is 86.9 Å². The van der Waals surface area contributed by atoms with Gasteiger partial charge in [-0.05, 0) is 51.0 Å². The van der Waals surface area contributed by atoms with Gasteiger partial charge in [-0.15, -0.1) is 0 Å². The number of benzene rings is 1. The molecular formula is C24H26F2N4O3. The van der Waals surface area contributed by atoms with Crippen molar-refractivity contribution in [3.05, 3.63) is 69.1 Å². The number of rotatable bonds is 5. The van der Waals surface area contributed by atoms with Crippen LogP contribution in [0, 0.1) is 13.8 Å². The van der Waals surface area contributed by atoms with Crippen molar-refractivity contribution in [3.8, 4) is 0 Å². The molecule has 0 radical (unpaired) electrons. The summed E-state index contributed by atoms with van der Waals surface area (Å²) in [5.74, 6) is -3.62. The fourth-order valence-corrected chi connectivity index (χ4v) is 4.36. The van der Waals surface area contributed by atoms with E-state index in [0.29, 0.717) is 35.4 Å². The number of fused-ring (bicyclic) bond motifs is 1. The number of piperidine rings is 1. The van der Waals surface area contributed by atoms with Crippen LogP contribution in [0.3, 0.4) is 0 Å². The highest BCUT2D eigenvalue weighted by molar-refractivity contribution is 5.94. The third kappa shape index (κ3) is 4.40. The first kappa shape index (κ1) is 22.7. The third-order valence-electron chi connectivity index (χ3n) is 5.98. The van der Waals surface area contributed by atoms with E-state index in [2.05, 4.69) is 10.3 Å². The Morgan fingerprint density at radius 1 is 1.27 bits per heavy atom. The Labute approximate surface area is 189 Å². The zero-order valence-corrected chi connectivity index (χ0v) is 18.7. The Morgan fingerprint density at radius 3 is 2.70 bits per heavy atom. The zero-order valence-electron chi connectivity index (χ0n) is 18.7. The molecule has 3 aromatic rings. The fraction of sp³-hybridized carbons (Fsp3) is 0.375. The van der Waals surface area contributed by atoms with Crippen molar-refractivity contribution in [2.24, 2.45) is 0 Å². The number of carbonyl (C=O) groups is 1. The van der Waals surface area contributed by atoms with E-state index in [-0.39, 0.29) is 23.4 Å². The van der Waals surface area contributed by atoms with Gasteiger partial charge in [0.05, 0.1) is 23.7 Å². The molecular weight excluding hydrogens is 430 g/mol. The van der Waals surface area contributed by atoms with Crippen LogP contribution in [0.5, 0.6) is 0 Å². The lowest BCUT2D eigenvalue weighted by Gasteiger charge is -2.34. The number of aromatic carboxylic acids is 1. The number of para-hydroxylation sites is 1. The normalized spacial score (nSPS) is 16.6. The van der Waals surface area contributed by atoms with Crippen LogP contribution in [0.1, 0.15) is 52.9 Å². The van der Waals surface area contributed by atoms with Gasteiger partial charge < -0.3 is 15.3 Å². The third-order valence-corrected chi connectivity index (χ3v) is 5.98. The molecule has 3 heterocycles. The second-order valence-electron chi connectivity index (χ2n) is 8.63. The van der Waals surface area contributed by atoms with Gasteiger partial charge in [0.2, 0.25) is 0 Å². The highest BCUT2D eigenvalue weighted by Crippen LogP contribution is 2.31. The summed E-state index contributed by atoms with van der Waals surface area (Å²) in [6.45, 7) is 5.23. The van der Waals surface area contributed by atoms with E-state index in [1.807, 2.05) is 19.9 Å². The van der Waals surface area contributed by atoms with Gasteiger partial charge in [0.15, 0.2) is 0 Å². The first-order valence-electron chi connectivity index (χ1n) is 10.8. The van der Waals surface area contributed by atoms with Crippen molar-refractivity contribution in [2.45, 2.75) is 45.6 Å². The van der Waals surface area contributed by atoms with Gasteiger partial charge >= 0.3 is 5.97 Å². The molecule has 1 fully saturated rings. The van der Waals surface area contributed by atoms with Crippen molar-refractivity contribution in [1.29, 1.82) is 0 Å². The highest BCUT2D eigenvalue weighted by atomic mass is 19.3. The van der Waals surface area contributed by atoms with Crippen LogP contribution < -0.4 is 15.8 Å². The van der Waals surface area contributed by atoms with E-state index in [1.165, 1.54) is 15.4 Å². The summed E-state index contributed by atoms with van der Waals surface area (Å²) < 4.78 is 29.6. The van der Waals surface area contributed by atoms with Crippen LogP contribution in [0.2, 0.25) is 0 Å². The summed E-state index contributed by atoms with van der Waals surface area (Å²) in [6.07, 6.45) is 1.81. The minimum absolute atomic E-state index is 0.124. The minimum Gasteiger partial charge on any atom is -0.478 e. The predicted molar refractivity (Wildman–Crippen MR) is 123 cm³/mol. The molecule has 0 unspecified atom stereocenters. The second-order valence-corrected chi connectivity index (χ2v) is 8.63. The molecule has 9 heteroatoms. The smallest absolute Gasteiger partial charge is 0.337 e. The van der Waals surface area contributed by atoms with Crippen LogP contribution >= 0.6 is 0 Å². The Morgan fingerprint density at radius 2 is 2.00 bits per heavy atom. The van der Waals surface area contributed by atoms with Crippen LogP contribution in [0.25, 0.3) is 5.65 Å². The van der Waals surface area contributed by atoms with Crippen molar-refractivity contribution in [3.63, 3.8) is 0 Å². The molecule has 2 aromatic heterocycles. The minimum atomic E-state index is -2.83. The Hall–Kier alpha value is -3.49. The monoisotopic (exact) mass is 456 g/mol. The van der Waals surface area contributed by atoms with E-state index < -0.39 is 24.5 Å². The molecule has 0 spiro atoms. The maximum atomic E-state index is 14.1. The van der Waals surface area contributed by atoms with Gasteiger partial charge in [-0.25, -0.2) is 18.6 Å². The Bertz CT molecular complexity index is 1290. The van der Waals surface area contributed by atoms with E-state index in [9.17, 15) is 23.5 Å². The van der Waals surface area contributed by atoms with Gasteiger partial charge in [0.1, 0.15) is 11.5 Å². The second kappa shape index (κ2) is 8.46. The maximum Gasteiger partial charge on any atom is 0.337 e. The summed E-state index contributed by atoms with van der Waals surface area (Å²) in [5, 5.41) is 12.7. The predicted octanol–water partition coefficient (Wildman–Crippen LogP) is 4.42. The SMILES string of the molecule is Cc1cc([C@@H](C)Nc2ccccc2C(=O)O)c2nc(N3CCCC(F)(F)C3)c(C)c(=O)n2c1. The van der Waals surface area contributed by atoms with Crippen LogP contribution in [-0.2, 0) is 0 Å². The van der Waals surface area contributed by atoms with Gasteiger partial charge in [-0.2, -0.15) is 0 Å².